The Morgan fingerprint density at radius 2 is 1.86 bits per heavy atom. The molecule has 0 spiro atoms. The van der Waals surface area contributed by atoms with Gasteiger partial charge in [0.2, 0.25) is 5.91 Å². The molecule has 0 unspecified atom stereocenters. The molecule has 29 heavy (non-hydrogen) atoms. The molecule has 0 bridgehead atoms. The fourth-order valence-electron chi connectivity index (χ4n) is 3.07. The highest BCUT2D eigenvalue weighted by atomic mass is 32.2. The van der Waals surface area contributed by atoms with Crippen molar-refractivity contribution in [2.75, 3.05) is 20.8 Å². The minimum Gasteiger partial charge on any atom is -0.383 e. The maximum atomic E-state index is 12.9. The van der Waals surface area contributed by atoms with Gasteiger partial charge in [0.15, 0.2) is 5.16 Å². The number of fused-ring (bicyclic) bond motifs is 1. The van der Waals surface area contributed by atoms with Crippen molar-refractivity contribution in [3.63, 3.8) is 0 Å². The summed E-state index contributed by atoms with van der Waals surface area (Å²) in [6, 6.07) is 17.1. The lowest BCUT2D eigenvalue weighted by molar-refractivity contribution is -0.129. The number of amides is 1. The van der Waals surface area contributed by atoms with E-state index in [2.05, 4.69) is 4.98 Å². The molecule has 1 heterocycles. The lowest BCUT2D eigenvalue weighted by Crippen LogP contribution is -2.33. The zero-order chi connectivity index (χ0) is 20.8. The minimum atomic E-state index is -0.384. The topological polar surface area (TPSA) is 64.4 Å². The van der Waals surface area contributed by atoms with Gasteiger partial charge in [0.25, 0.3) is 5.56 Å². The van der Waals surface area contributed by atoms with Crippen LogP contribution in [0.2, 0.25) is 0 Å². The first-order chi connectivity index (χ1) is 14.0. The van der Waals surface area contributed by atoms with Crippen LogP contribution in [0.25, 0.3) is 10.9 Å². The van der Waals surface area contributed by atoms with Gasteiger partial charge in [-0.05, 0) is 24.6 Å². The first-order valence-electron chi connectivity index (χ1n) is 9.45. The Balaban J connectivity index is 1.83. The second-order valence-electron chi connectivity index (χ2n) is 6.80. The van der Waals surface area contributed by atoms with Gasteiger partial charge in [-0.2, -0.15) is 0 Å². The van der Waals surface area contributed by atoms with Gasteiger partial charge in [-0.3, -0.25) is 14.2 Å². The number of thioether (sulfide) groups is 1. The summed E-state index contributed by atoms with van der Waals surface area (Å²) in [6.45, 7) is 3.16. The van der Waals surface area contributed by atoms with E-state index >= 15 is 0 Å². The Kier molecular flexibility index (Phi) is 7.06. The van der Waals surface area contributed by atoms with E-state index < -0.39 is 0 Å². The summed E-state index contributed by atoms with van der Waals surface area (Å²) >= 11 is 1.30. The van der Waals surface area contributed by atoms with Crippen molar-refractivity contribution in [2.45, 2.75) is 30.4 Å². The van der Waals surface area contributed by atoms with Gasteiger partial charge in [0.1, 0.15) is 0 Å². The summed E-state index contributed by atoms with van der Waals surface area (Å²) in [5, 5.41) is 0.707. The highest BCUT2D eigenvalue weighted by Crippen LogP contribution is 2.24. The summed E-state index contributed by atoms with van der Waals surface area (Å²) in [5.41, 5.74) is 1.58. The van der Waals surface area contributed by atoms with Crippen LogP contribution in [-0.4, -0.2) is 46.4 Å². The molecule has 0 aliphatic rings. The van der Waals surface area contributed by atoms with Gasteiger partial charge in [0.05, 0.1) is 29.3 Å². The van der Waals surface area contributed by atoms with Crippen LogP contribution in [0.5, 0.6) is 0 Å². The van der Waals surface area contributed by atoms with Crippen molar-refractivity contribution >= 4 is 28.6 Å². The highest BCUT2D eigenvalue weighted by Gasteiger charge is 2.22. The molecule has 3 aromatic rings. The number of methoxy groups -OCH3 is 1. The van der Waals surface area contributed by atoms with Gasteiger partial charge in [-0.25, -0.2) is 4.98 Å². The lowest BCUT2D eigenvalue weighted by atomic mass is 10.2. The average molecular weight is 412 g/mol. The Hall–Kier alpha value is -2.64. The second kappa shape index (κ2) is 9.71. The smallest absolute Gasteiger partial charge is 0.262 e. The van der Waals surface area contributed by atoms with Crippen LogP contribution in [0, 0.1) is 0 Å². The van der Waals surface area contributed by atoms with Gasteiger partial charge >= 0.3 is 0 Å². The maximum Gasteiger partial charge on any atom is 0.262 e. The van der Waals surface area contributed by atoms with Crippen LogP contribution in [-0.2, 0) is 22.6 Å². The monoisotopic (exact) mass is 411 g/mol. The van der Waals surface area contributed by atoms with E-state index in [1.54, 1.807) is 29.7 Å². The molecule has 7 heteroatoms. The molecule has 0 saturated heterocycles. The normalized spacial score (nSPS) is 12.1. The number of carbonyl (C=O) groups excluding carboxylic acids is 1. The Labute approximate surface area is 174 Å². The third-order valence-electron chi connectivity index (χ3n) is 4.61. The average Bonchev–Trinajstić information content (AvgIpc) is 2.73. The fraction of sp³-hybridized carbons (Fsp3) is 0.318. The lowest BCUT2D eigenvalue weighted by Gasteiger charge is -2.22. The van der Waals surface area contributed by atoms with Crippen molar-refractivity contribution < 1.29 is 9.53 Å². The Bertz CT molecular complexity index is 1040. The summed E-state index contributed by atoms with van der Waals surface area (Å²) < 4.78 is 6.75. The largest absolute Gasteiger partial charge is 0.383 e. The minimum absolute atomic E-state index is 0.0143. The number of benzene rings is 2. The number of nitrogens with zero attached hydrogens (tertiary/aromatic N) is 3. The third-order valence-corrected chi connectivity index (χ3v) is 5.69. The number of para-hydroxylation sites is 1. The first kappa shape index (κ1) is 21.1. The van der Waals surface area contributed by atoms with E-state index in [1.807, 2.05) is 55.5 Å². The second-order valence-corrected chi connectivity index (χ2v) is 8.11. The van der Waals surface area contributed by atoms with Crippen molar-refractivity contribution in [3.8, 4) is 0 Å². The molecule has 1 aromatic heterocycles. The van der Waals surface area contributed by atoms with Crippen LogP contribution < -0.4 is 5.56 Å². The maximum absolute atomic E-state index is 12.9. The standard InChI is InChI=1S/C22H25N3O3S/c1-16(20(26)24(2)15-17-9-5-4-6-10-17)29-22-23-19-12-8-7-11-18(19)21(27)25(22)13-14-28-3/h4-12,16H,13-15H2,1-3H3/t16-/m0/s1. The predicted molar refractivity (Wildman–Crippen MR) is 116 cm³/mol. The van der Waals surface area contributed by atoms with E-state index in [0.717, 1.165) is 5.56 Å². The predicted octanol–water partition coefficient (Wildman–Crippen LogP) is 3.18. The molecule has 3 rings (SSSR count). The molecule has 0 N–H and O–H groups in total. The van der Waals surface area contributed by atoms with Crippen molar-refractivity contribution in [3.05, 3.63) is 70.5 Å². The summed E-state index contributed by atoms with van der Waals surface area (Å²) in [6.07, 6.45) is 0. The molecule has 0 saturated carbocycles. The number of hydrogen-bond donors (Lipinski definition) is 0. The van der Waals surface area contributed by atoms with Gasteiger partial charge in [-0.1, -0.05) is 54.2 Å². The van der Waals surface area contributed by atoms with E-state index in [-0.39, 0.29) is 16.7 Å². The number of rotatable bonds is 8. The van der Waals surface area contributed by atoms with Crippen LogP contribution in [0.4, 0.5) is 0 Å². The summed E-state index contributed by atoms with van der Waals surface area (Å²) in [5.74, 6) is -0.0143. The third kappa shape index (κ3) is 5.05. The number of hydrogen-bond acceptors (Lipinski definition) is 5. The zero-order valence-corrected chi connectivity index (χ0v) is 17.7. The highest BCUT2D eigenvalue weighted by molar-refractivity contribution is 8.00. The van der Waals surface area contributed by atoms with E-state index in [4.69, 9.17) is 4.74 Å². The summed E-state index contributed by atoms with van der Waals surface area (Å²) in [7, 11) is 3.38. The molecule has 152 valence electrons. The molecule has 1 amide bonds. The molecule has 1 atom stereocenters. The molecule has 0 radical (unpaired) electrons. The molecule has 6 nitrogen and oxygen atoms in total. The van der Waals surface area contributed by atoms with Crippen molar-refractivity contribution in [1.82, 2.24) is 14.5 Å². The molecule has 0 aliphatic heterocycles. The van der Waals surface area contributed by atoms with E-state index in [9.17, 15) is 9.59 Å². The first-order valence-corrected chi connectivity index (χ1v) is 10.3. The van der Waals surface area contributed by atoms with Crippen LogP contribution in [0.1, 0.15) is 12.5 Å². The molecule has 0 fully saturated rings. The van der Waals surface area contributed by atoms with Gasteiger partial charge < -0.3 is 9.64 Å². The van der Waals surface area contributed by atoms with Crippen LogP contribution in [0.3, 0.4) is 0 Å². The molecule has 2 aromatic carbocycles. The number of aromatic nitrogens is 2. The molecular formula is C22H25N3O3S. The van der Waals surface area contributed by atoms with Crippen molar-refractivity contribution in [1.29, 1.82) is 0 Å². The molecule has 0 aliphatic carbocycles. The molecular weight excluding hydrogens is 386 g/mol. The van der Waals surface area contributed by atoms with Crippen molar-refractivity contribution in [2.24, 2.45) is 0 Å². The van der Waals surface area contributed by atoms with Crippen LogP contribution in [0.15, 0.2) is 64.5 Å². The number of carbonyl (C=O) groups is 1. The van der Waals surface area contributed by atoms with Crippen LogP contribution >= 0.6 is 11.8 Å². The SMILES string of the molecule is COCCn1c(S[C@@H](C)C(=O)N(C)Cc2ccccc2)nc2ccccc2c1=O. The van der Waals surface area contributed by atoms with E-state index in [0.29, 0.717) is 35.8 Å². The quantitative estimate of drug-likeness (QED) is 0.421. The zero-order valence-electron chi connectivity index (χ0n) is 16.9. The van der Waals surface area contributed by atoms with E-state index in [1.165, 1.54) is 11.8 Å². The Morgan fingerprint density at radius 3 is 2.59 bits per heavy atom. The summed E-state index contributed by atoms with van der Waals surface area (Å²) in [4.78, 5) is 32.2. The van der Waals surface area contributed by atoms with Gasteiger partial charge in [-0.15, -0.1) is 0 Å². The Morgan fingerprint density at radius 1 is 1.17 bits per heavy atom. The fourth-order valence-corrected chi connectivity index (χ4v) is 4.12. The number of ether oxygens (including phenoxy) is 1. The van der Waals surface area contributed by atoms with Gasteiger partial charge in [0, 0.05) is 20.7 Å².